The van der Waals surface area contributed by atoms with Gasteiger partial charge in [-0.1, -0.05) is 13.8 Å². The molecule has 7 nitrogen and oxygen atoms in total. The Hall–Kier alpha value is -1.34. The van der Waals surface area contributed by atoms with Gasteiger partial charge in [0.2, 0.25) is 0 Å². The van der Waals surface area contributed by atoms with Crippen LogP contribution in [-0.2, 0) is 9.53 Å². The zero-order valence-corrected chi connectivity index (χ0v) is 11.2. The standard InChI is InChI=1S/C11H23N3O4/c1-4-14(5-2)7-6-12-11(17)13-9(8-18-3)10(15)16/h9H,4-8H2,1-3H3,(H,15,16)(H2,12,13,17). The minimum absolute atomic E-state index is 0.0567. The van der Waals surface area contributed by atoms with E-state index in [0.717, 1.165) is 19.6 Å². The molecule has 0 heterocycles. The van der Waals surface area contributed by atoms with Gasteiger partial charge in [-0.3, -0.25) is 0 Å². The molecule has 0 aliphatic carbocycles. The number of likely N-dealkylation sites (N-methyl/N-ethyl adjacent to an activating group) is 1. The lowest BCUT2D eigenvalue weighted by Gasteiger charge is -2.19. The molecule has 0 aromatic carbocycles. The molecule has 0 rings (SSSR count). The summed E-state index contributed by atoms with van der Waals surface area (Å²) in [6, 6.07) is -1.52. The molecule has 106 valence electrons. The number of ether oxygens (including phenoxy) is 1. The van der Waals surface area contributed by atoms with Gasteiger partial charge in [-0.2, -0.15) is 0 Å². The van der Waals surface area contributed by atoms with E-state index >= 15 is 0 Å². The highest BCUT2D eigenvalue weighted by atomic mass is 16.5. The van der Waals surface area contributed by atoms with E-state index in [2.05, 4.69) is 15.5 Å². The topological polar surface area (TPSA) is 90.9 Å². The van der Waals surface area contributed by atoms with Crippen LogP contribution in [0.25, 0.3) is 0 Å². The fourth-order valence-corrected chi connectivity index (χ4v) is 1.42. The van der Waals surface area contributed by atoms with Gasteiger partial charge < -0.3 is 25.4 Å². The van der Waals surface area contributed by atoms with Gasteiger partial charge in [-0.25, -0.2) is 9.59 Å². The van der Waals surface area contributed by atoms with Gasteiger partial charge >= 0.3 is 12.0 Å². The maximum atomic E-state index is 11.4. The number of nitrogens with zero attached hydrogens (tertiary/aromatic N) is 1. The van der Waals surface area contributed by atoms with Crippen molar-refractivity contribution in [2.45, 2.75) is 19.9 Å². The fraction of sp³-hybridized carbons (Fsp3) is 0.818. The first kappa shape index (κ1) is 16.7. The molecule has 18 heavy (non-hydrogen) atoms. The van der Waals surface area contributed by atoms with E-state index in [9.17, 15) is 9.59 Å². The highest BCUT2D eigenvalue weighted by molar-refractivity contribution is 5.82. The second kappa shape index (κ2) is 9.67. The Labute approximate surface area is 107 Å². The SMILES string of the molecule is CCN(CC)CCNC(=O)NC(COC)C(=O)O. The zero-order chi connectivity index (χ0) is 14.0. The first-order valence-corrected chi connectivity index (χ1v) is 6.03. The monoisotopic (exact) mass is 261 g/mol. The van der Waals surface area contributed by atoms with Crippen LogP contribution >= 0.6 is 0 Å². The van der Waals surface area contributed by atoms with E-state index in [4.69, 9.17) is 9.84 Å². The normalized spacial score (nSPS) is 12.2. The van der Waals surface area contributed by atoms with Crippen molar-refractivity contribution in [2.24, 2.45) is 0 Å². The highest BCUT2D eigenvalue weighted by Crippen LogP contribution is 1.87. The van der Waals surface area contributed by atoms with Gasteiger partial charge in [0.25, 0.3) is 0 Å². The molecule has 0 aromatic heterocycles. The van der Waals surface area contributed by atoms with Crippen LogP contribution in [0.3, 0.4) is 0 Å². The molecule has 0 saturated heterocycles. The molecule has 1 unspecified atom stereocenters. The Morgan fingerprint density at radius 3 is 2.39 bits per heavy atom. The lowest BCUT2D eigenvalue weighted by atomic mass is 10.3. The first-order valence-electron chi connectivity index (χ1n) is 6.03. The van der Waals surface area contributed by atoms with Gasteiger partial charge in [-0.15, -0.1) is 0 Å². The van der Waals surface area contributed by atoms with Gasteiger partial charge in [-0.05, 0) is 13.1 Å². The number of methoxy groups -OCH3 is 1. The molecule has 2 amide bonds. The van der Waals surface area contributed by atoms with E-state index in [0.29, 0.717) is 6.54 Å². The summed E-state index contributed by atoms with van der Waals surface area (Å²) >= 11 is 0. The summed E-state index contributed by atoms with van der Waals surface area (Å²) in [4.78, 5) is 24.4. The number of carboxylic acid groups (broad SMARTS) is 1. The van der Waals surface area contributed by atoms with Crippen LogP contribution in [-0.4, -0.2) is 67.9 Å². The van der Waals surface area contributed by atoms with Crippen LogP contribution in [0.4, 0.5) is 4.79 Å². The molecule has 1 atom stereocenters. The van der Waals surface area contributed by atoms with Crippen molar-refractivity contribution >= 4 is 12.0 Å². The number of urea groups is 1. The van der Waals surface area contributed by atoms with E-state index in [1.54, 1.807) is 0 Å². The third kappa shape index (κ3) is 7.08. The van der Waals surface area contributed by atoms with Crippen molar-refractivity contribution in [3.63, 3.8) is 0 Å². The Balaban J connectivity index is 3.91. The Bertz CT molecular complexity index is 257. The first-order chi connectivity index (χ1) is 8.54. The number of carboxylic acids is 1. The van der Waals surface area contributed by atoms with Crippen LogP contribution in [0.5, 0.6) is 0 Å². The number of hydrogen-bond acceptors (Lipinski definition) is 4. The molecule has 0 aliphatic rings. The number of carbonyl (C=O) groups is 2. The molecule has 3 N–H and O–H groups in total. The van der Waals surface area contributed by atoms with E-state index < -0.39 is 18.0 Å². The van der Waals surface area contributed by atoms with Crippen LogP contribution in [0.2, 0.25) is 0 Å². The molecule has 0 radical (unpaired) electrons. The van der Waals surface area contributed by atoms with E-state index in [1.165, 1.54) is 7.11 Å². The molecule has 0 aromatic rings. The van der Waals surface area contributed by atoms with Crippen molar-refractivity contribution in [3.05, 3.63) is 0 Å². The maximum absolute atomic E-state index is 11.4. The molecule has 0 spiro atoms. The van der Waals surface area contributed by atoms with Crippen LogP contribution in [0, 0.1) is 0 Å². The van der Waals surface area contributed by atoms with Crippen molar-refractivity contribution in [2.75, 3.05) is 39.9 Å². The Kier molecular flexibility index (Phi) is 8.95. The summed E-state index contributed by atoms with van der Waals surface area (Å²) in [5.74, 6) is -1.12. The average Bonchev–Trinajstić information content (AvgIpc) is 2.34. The number of amides is 2. The predicted molar refractivity (Wildman–Crippen MR) is 67.6 cm³/mol. The van der Waals surface area contributed by atoms with Gasteiger partial charge in [0.1, 0.15) is 0 Å². The number of aliphatic carboxylic acids is 1. The third-order valence-corrected chi connectivity index (χ3v) is 2.54. The largest absolute Gasteiger partial charge is 0.480 e. The number of nitrogens with one attached hydrogen (secondary N) is 2. The fourth-order valence-electron chi connectivity index (χ4n) is 1.42. The molecule has 0 bridgehead atoms. The van der Waals surface area contributed by atoms with Crippen molar-refractivity contribution in [1.29, 1.82) is 0 Å². The minimum atomic E-state index is -1.12. The average molecular weight is 261 g/mol. The maximum Gasteiger partial charge on any atom is 0.328 e. The molecule has 0 saturated carbocycles. The van der Waals surface area contributed by atoms with Crippen molar-refractivity contribution < 1.29 is 19.4 Å². The smallest absolute Gasteiger partial charge is 0.328 e. The summed E-state index contributed by atoms with van der Waals surface area (Å²) in [5, 5.41) is 13.8. The van der Waals surface area contributed by atoms with Crippen molar-refractivity contribution in [3.8, 4) is 0 Å². The van der Waals surface area contributed by atoms with E-state index in [-0.39, 0.29) is 6.61 Å². The lowest BCUT2D eigenvalue weighted by molar-refractivity contribution is -0.140. The highest BCUT2D eigenvalue weighted by Gasteiger charge is 2.19. The van der Waals surface area contributed by atoms with Gasteiger partial charge in [0.05, 0.1) is 6.61 Å². The summed E-state index contributed by atoms with van der Waals surface area (Å²) in [7, 11) is 1.38. The van der Waals surface area contributed by atoms with Crippen LogP contribution in [0.15, 0.2) is 0 Å². The summed E-state index contributed by atoms with van der Waals surface area (Å²) in [6.45, 7) is 7.09. The molecule has 0 fully saturated rings. The number of hydrogen-bond donors (Lipinski definition) is 3. The summed E-state index contributed by atoms with van der Waals surface area (Å²) in [6.07, 6.45) is 0. The molecule has 7 heteroatoms. The van der Waals surface area contributed by atoms with Crippen LogP contribution in [0.1, 0.15) is 13.8 Å². The second-order valence-corrected chi connectivity index (χ2v) is 3.77. The van der Waals surface area contributed by atoms with Gasteiger partial charge in [0.15, 0.2) is 6.04 Å². The van der Waals surface area contributed by atoms with E-state index in [1.807, 2.05) is 13.8 Å². The summed E-state index contributed by atoms with van der Waals surface area (Å²) < 4.78 is 4.71. The second-order valence-electron chi connectivity index (χ2n) is 3.77. The number of carbonyl (C=O) groups excluding carboxylic acids is 1. The molecular formula is C11H23N3O4. The van der Waals surface area contributed by atoms with Gasteiger partial charge in [0, 0.05) is 20.2 Å². The third-order valence-electron chi connectivity index (χ3n) is 2.54. The number of rotatable bonds is 9. The lowest BCUT2D eigenvalue weighted by Crippen LogP contribution is -2.49. The zero-order valence-electron chi connectivity index (χ0n) is 11.2. The Morgan fingerprint density at radius 2 is 1.94 bits per heavy atom. The quantitative estimate of drug-likeness (QED) is 0.531. The molecular weight excluding hydrogens is 238 g/mol. The minimum Gasteiger partial charge on any atom is -0.480 e. The predicted octanol–water partition coefficient (Wildman–Crippen LogP) is -0.273. The Morgan fingerprint density at radius 1 is 1.33 bits per heavy atom. The van der Waals surface area contributed by atoms with Crippen molar-refractivity contribution in [1.82, 2.24) is 15.5 Å². The van der Waals surface area contributed by atoms with Crippen LogP contribution < -0.4 is 10.6 Å². The summed E-state index contributed by atoms with van der Waals surface area (Å²) in [5.41, 5.74) is 0. The molecule has 0 aliphatic heterocycles.